The van der Waals surface area contributed by atoms with Gasteiger partial charge in [-0.2, -0.15) is 0 Å². The molecule has 0 fully saturated rings. The number of rotatable bonds is 59. The molecule has 0 aromatic rings. The Morgan fingerprint density at radius 2 is 0.506 bits per heavy atom. The topological polar surface area (TPSA) is 78.9 Å². The molecule has 1 atom stereocenters. The van der Waals surface area contributed by atoms with Gasteiger partial charge in [0.15, 0.2) is 6.10 Å². The number of allylic oxidation sites excluding steroid dienone is 16. The van der Waals surface area contributed by atoms with Crippen LogP contribution in [0.3, 0.4) is 0 Å². The molecule has 0 radical (unpaired) electrons. The molecule has 0 amide bonds. The maximum atomic E-state index is 12.9. The molecule has 0 heterocycles. The van der Waals surface area contributed by atoms with Crippen LogP contribution in [0.4, 0.5) is 0 Å². The number of hydrogen-bond donors (Lipinski definition) is 0. The molecular formula is C71H122O6. The van der Waals surface area contributed by atoms with Crippen LogP contribution < -0.4 is 0 Å². The third kappa shape index (κ3) is 63.0. The average Bonchev–Trinajstić information content (AvgIpc) is 3.43. The van der Waals surface area contributed by atoms with Gasteiger partial charge in [-0.25, -0.2) is 0 Å². The van der Waals surface area contributed by atoms with Crippen molar-refractivity contribution in [1.82, 2.24) is 0 Å². The SMILES string of the molecule is CC/C=C\C/C=C\C/C=C\C/C=C\C/C=C\C/C=C\C/C=C\C/C=C\CCCCCCCCCCC(=O)OCC(COC(=O)CCCCCCCCCCCCC)OC(=O)CCCCCCCCCCCCCCCCC. The Labute approximate surface area is 477 Å². The van der Waals surface area contributed by atoms with E-state index < -0.39 is 6.10 Å². The van der Waals surface area contributed by atoms with Gasteiger partial charge in [0.2, 0.25) is 0 Å². The predicted octanol–water partition coefficient (Wildman–Crippen LogP) is 22.4. The van der Waals surface area contributed by atoms with Crippen LogP contribution in [-0.4, -0.2) is 37.2 Å². The Kier molecular flexibility index (Phi) is 61.8. The van der Waals surface area contributed by atoms with E-state index in [1.807, 2.05) is 0 Å². The molecule has 0 aromatic heterocycles. The summed E-state index contributed by atoms with van der Waals surface area (Å²) < 4.78 is 16.9. The minimum absolute atomic E-state index is 0.0747. The monoisotopic (exact) mass is 1070 g/mol. The second kappa shape index (κ2) is 64.9. The number of unbranched alkanes of at least 4 members (excludes halogenated alkanes) is 32. The van der Waals surface area contributed by atoms with Gasteiger partial charge >= 0.3 is 17.9 Å². The van der Waals surface area contributed by atoms with E-state index in [0.29, 0.717) is 19.3 Å². The van der Waals surface area contributed by atoms with E-state index in [0.717, 1.165) is 116 Å². The summed E-state index contributed by atoms with van der Waals surface area (Å²) in [5, 5.41) is 0. The Hall–Kier alpha value is -3.67. The van der Waals surface area contributed by atoms with E-state index >= 15 is 0 Å². The summed E-state index contributed by atoms with van der Waals surface area (Å²) >= 11 is 0. The third-order valence-electron chi connectivity index (χ3n) is 14.1. The Morgan fingerprint density at radius 3 is 0.792 bits per heavy atom. The standard InChI is InChI=1S/C71H122O6/c1-4-7-10-13-16-19-22-24-26-27-28-29-30-31-32-33-34-35-36-37-38-39-40-41-42-43-45-46-49-52-55-58-61-64-70(73)76-67-68(66-75-69(72)63-60-57-54-51-48-21-18-15-12-9-6-3)77-71(74)65-62-59-56-53-50-47-44-25-23-20-17-14-11-8-5-2/h7,10,16,19,24,26,28-29,31-32,34-35,37-38,40-41,68H,4-6,8-9,11-15,17-18,20-23,25,27,30,33,36,39,42-67H2,1-3H3/b10-7-,19-16-,26-24-,29-28-,32-31-,35-34-,38-37-,41-40-. The fraction of sp³-hybridized carbons (Fsp3) is 0.732. The highest BCUT2D eigenvalue weighted by Crippen LogP contribution is 2.17. The maximum absolute atomic E-state index is 12.9. The van der Waals surface area contributed by atoms with Crippen molar-refractivity contribution in [3.63, 3.8) is 0 Å². The number of carbonyl (C=O) groups excluding carboxylic acids is 3. The summed E-state index contributed by atoms with van der Waals surface area (Å²) in [6.45, 7) is 6.54. The van der Waals surface area contributed by atoms with E-state index in [2.05, 4.69) is 118 Å². The van der Waals surface area contributed by atoms with Gasteiger partial charge in [-0.05, 0) is 83.5 Å². The Balaban J connectivity index is 4.21. The van der Waals surface area contributed by atoms with Gasteiger partial charge < -0.3 is 14.2 Å². The van der Waals surface area contributed by atoms with Crippen LogP contribution in [0.15, 0.2) is 97.2 Å². The van der Waals surface area contributed by atoms with Crippen molar-refractivity contribution in [2.75, 3.05) is 13.2 Å². The molecule has 0 N–H and O–H groups in total. The van der Waals surface area contributed by atoms with Crippen molar-refractivity contribution < 1.29 is 28.6 Å². The maximum Gasteiger partial charge on any atom is 0.306 e. The lowest BCUT2D eigenvalue weighted by Crippen LogP contribution is -2.30. The van der Waals surface area contributed by atoms with Crippen molar-refractivity contribution in [2.24, 2.45) is 0 Å². The number of ether oxygens (including phenoxy) is 3. The van der Waals surface area contributed by atoms with Gasteiger partial charge in [0.1, 0.15) is 13.2 Å². The molecule has 0 aliphatic rings. The summed E-state index contributed by atoms with van der Waals surface area (Å²) in [7, 11) is 0. The van der Waals surface area contributed by atoms with Crippen LogP contribution in [0.2, 0.25) is 0 Å². The molecule has 0 saturated carbocycles. The normalized spacial score (nSPS) is 12.7. The fourth-order valence-electron chi connectivity index (χ4n) is 9.23. The zero-order valence-corrected chi connectivity index (χ0v) is 50.7. The first-order valence-electron chi connectivity index (χ1n) is 32.7. The lowest BCUT2D eigenvalue weighted by molar-refractivity contribution is -0.167. The van der Waals surface area contributed by atoms with Gasteiger partial charge in [-0.1, -0.05) is 311 Å². The number of esters is 3. The van der Waals surface area contributed by atoms with E-state index in [4.69, 9.17) is 14.2 Å². The van der Waals surface area contributed by atoms with Crippen LogP contribution in [0.5, 0.6) is 0 Å². The van der Waals surface area contributed by atoms with E-state index in [1.165, 1.54) is 161 Å². The summed E-state index contributed by atoms with van der Waals surface area (Å²) in [6, 6.07) is 0. The fourth-order valence-corrected chi connectivity index (χ4v) is 9.23. The highest BCUT2D eigenvalue weighted by molar-refractivity contribution is 5.71. The second-order valence-electron chi connectivity index (χ2n) is 21.7. The van der Waals surface area contributed by atoms with Gasteiger partial charge in [-0.15, -0.1) is 0 Å². The minimum Gasteiger partial charge on any atom is -0.462 e. The van der Waals surface area contributed by atoms with Crippen molar-refractivity contribution >= 4 is 17.9 Å². The van der Waals surface area contributed by atoms with Crippen LogP contribution in [0, 0.1) is 0 Å². The second-order valence-corrected chi connectivity index (χ2v) is 21.7. The van der Waals surface area contributed by atoms with Crippen LogP contribution in [0.25, 0.3) is 0 Å². The quantitative estimate of drug-likeness (QED) is 0.0261. The van der Waals surface area contributed by atoms with Crippen LogP contribution in [0.1, 0.15) is 316 Å². The van der Waals surface area contributed by atoms with Crippen molar-refractivity contribution in [3.8, 4) is 0 Å². The molecule has 0 bridgehead atoms. The molecule has 77 heavy (non-hydrogen) atoms. The lowest BCUT2D eigenvalue weighted by atomic mass is 10.0. The van der Waals surface area contributed by atoms with Gasteiger partial charge in [0, 0.05) is 19.3 Å². The van der Waals surface area contributed by atoms with E-state index in [1.54, 1.807) is 0 Å². The molecule has 6 heteroatoms. The highest BCUT2D eigenvalue weighted by atomic mass is 16.6. The van der Waals surface area contributed by atoms with Gasteiger partial charge in [0.25, 0.3) is 0 Å². The Morgan fingerprint density at radius 1 is 0.273 bits per heavy atom. The number of hydrogen-bond acceptors (Lipinski definition) is 6. The van der Waals surface area contributed by atoms with Crippen LogP contribution in [-0.2, 0) is 28.6 Å². The summed E-state index contributed by atoms with van der Waals surface area (Å²) in [6.07, 6.45) is 87.0. The third-order valence-corrected chi connectivity index (χ3v) is 14.1. The van der Waals surface area contributed by atoms with Crippen molar-refractivity contribution in [3.05, 3.63) is 97.2 Å². The first-order chi connectivity index (χ1) is 38.0. The molecule has 442 valence electrons. The first kappa shape index (κ1) is 73.3. The minimum atomic E-state index is -0.777. The molecular weight excluding hydrogens is 949 g/mol. The van der Waals surface area contributed by atoms with Gasteiger partial charge in [-0.3, -0.25) is 14.4 Å². The molecule has 0 aliphatic carbocycles. The smallest absolute Gasteiger partial charge is 0.306 e. The average molecular weight is 1070 g/mol. The number of carbonyl (C=O) groups is 3. The first-order valence-corrected chi connectivity index (χ1v) is 32.7. The van der Waals surface area contributed by atoms with E-state index in [9.17, 15) is 14.4 Å². The molecule has 0 spiro atoms. The molecule has 1 unspecified atom stereocenters. The van der Waals surface area contributed by atoms with Crippen molar-refractivity contribution in [2.45, 2.75) is 322 Å². The summed E-state index contributed by atoms with van der Waals surface area (Å²) in [5.74, 6) is -0.871. The zero-order chi connectivity index (χ0) is 55.7. The molecule has 0 saturated heterocycles. The lowest BCUT2D eigenvalue weighted by Gasteiger charge is -2.18. The highest BCUT2D eigenvalue weighted by Gasteiger charge is 2.19. The zero-order valence-electron chi connectivity index (χ0n) is 50.7. The Bertz CT molecular complexity index is 1510. The van der Waals surface area contributed by atoms with Gasteiger partial charge in [0.05, 0.1) is 0 Å². The molecule has 6 nitrogen and oxygen atoms in total. The molecule has 0 rings (SSSR count). The van der Waals surface area contributed by atoms with Crippen LogP contribution >= 0.6 is 0 Å². The summed E-state index contributed by atoms with van der Waals surface area (Å²) in [4.78, 5) is 38.2. The van der Waals surface area contributed by atoms with Crippen molar-refractivity contribution in [1.29, 1.82) is 0 Å². The molecule has 0 aliphatic heterocycles. The predicted molar refractivity (Wildman–Crippen MR) is 334 cm³/mol. The molecule has 0 aromatic carbocycles. The van der Waals surface area contributed by atoms with E-state index in [-0.39, 0.29) is 31.1 Å². The summed E-state index contributed by atoms with van der Waals surface area (Å²) in [5.41, 5.74) is 0. The largest absolute Gasteiger partial charge is 0.462 e.